The third-order valence-corrected chi connectivity index (χ3v) is 8.77. The summed E-state index contributed by atoms with van der Waals surface area (Å²) in [6.07, 6.45) is 1.91. The zero-order valence-corrected chi connectivity index (χ0v) is 21.8. The van der Waals surface area contributed by atoms with E-state index in [2.05, 4.69) is 24.3 Å². The van der Waals surface area contributed by atoms with Crippen LogP contribution in [0.1, 0.15) is 39.3 Å². The van der Waals surface area contributed by atoms with Gasteiger partial charge in [0.15, 0.2) is 0 Å². The molecule has 4 aromatic carbocycles. The van der Waals surface area contributed by atoms with Gasteiger partial charge in [0.2, 0.25) is 11.8 Å². The Hall–Kier alpha value is -4.02. The van der Waals surface area contributed by atoms with Gasteiger partial charge in [0.05, 0.1) is 28.6 Å². The molecule has 0 saturated carbocycles. The number of benzene rings is 4. The normalized spacial score (nSPS) is 25.0. The highest BCUT2D eigenvalue weighted by Gasteiger charge is 2.68. The maximum Gasteiger partial charge on any atom is 0.239 e. The van der Waals surface area contributed by atoms with Crippen molar-refractivity contribution in [1.29, 1.82) is 0 Å². The Balaban J connectivity index is 1.50. The Bertz CT molecular complexity index is 1630. The maximum atomic E-state index is 14.5. The van der Waals surface area contributed by atoms with Crippen molar-refractivity contribution in [1.82, 2.24) is 0 Å². The molecule has 1 aliphatic heterocycles. The summed E-state index contributed by atoms with van der Waals surface area (Å²) >= 11 is 6.12. The van der Waals surface area contributed by atoms with Crippen LogP contribution in [0.15, 0.2) is 96.0 Å². The number of anilines is 1. The van der Waals surface area contributed by atoms with Crippen LogP contribution in [0.2, 0.25) is 5.02 Å². The molecule has 4 nitrogen and oxygen atoms in total. The lowest BCUT2D eigenvalue weighted by Gasteiger charge is -2.52. The topological polar surface area (TPSA) is 49.7 Å². The number of carbonyl (C=O) groups excluding carboxylic acids is 2. The van der Waals surface area contributed by atoms with Crippen molar-refractivity contribution in [2.75, 3.05) is 4.90 Å². The van der Waals surface area contributed by atoms with Gasteiger partial charge in [-0.2, -0.15) is 0 Å². The van der Waals surface area contributed by atoms with Crippen molar-refractivity contribution in [2.24, 2.45) is 16.8 Å². The van der Waals surface area contributed by atoms with E-state index in [9.17, 15) is 9.59 Å². The molecule has 38 heavy (non-hydrogen) atoms. The number of nitrogens with zero attached hydrogens (tertiary/aromatic N) is 2. The van der Waals surface area contributed by atoms with Gasteiger partial charge in [-0.25, -0.2) is 4.90 Å². The molecule has 0 unspecified atom stereocenters. The number of rotatable bonds is 3. The first kappa shape index (κ1) is 23.1. The fraction of sp³-hybridized carbons (Fsp3) is 0.182. The predicted octanol–water partition coefficient (Wildman–Crippen LogP) is 6.91. The number of hydrogen-bond acceptors (Lipinski definition) is 3. The lowest BCUT2D eigenvalue weighted by molar-refractivity contribution is -0.122. The number of aliphatic imine (C=N–C) groups is 1. The Labute approximate surface area is 226 Å². The summed E-state index contributed by atoms with van der Waals surface area (Å²) in [6, 6.07) is 29.7. The summed E-state index contributed by atoms with van der Waals surface area (Å²) in [6.45, 7) is 3.97. The molecule has 5 heteroatoms. The molecule has 186 valence electrons. The Morgan fingerprint density at radius 3 is 2.08 bits per heavy atom. The van der Waals surface area contributed by atoms with Gasteiger partial charge in [0.1, 0.15) is 0 Å². The number of aryl methyl sites for hydroxylation is 2. The van der Waals surface area contributed by atoms with Crippen molar-refractivity contribution in [3.05, 3.63) is 129 Å². The standard InChI is InChI=1S/C33H25ClN2O2/c1-19-11-16-27(20(2)17-19)36-31(37)29-28-23-7-3-5-9-25(23)33(30(29)32(36)38,26-10-6-4-8-24(26)28)18-35-22-14-12-21(34)13-15-22/h3-18,28-30H,1-2H3/t28?,29-,30+,33?/m1/s1. The Morgan fingerprint density at radius 2 is 1.45 bits per heavy atom. The fourth-order valence-electron chi connectivity index (χ4n) is 7.05. The van der Waals surface area contributed by atoms with Crippen LogP contribution in [0.3, 0.4) is 0 Å². The van der Waals surface area contributed by atoms with Crippen LogP contribution in [-0.4, -0.2) is 18.0 Å². The van der Waals surface area contributed by atoms with E-state index in [1.54, 1.807) is 12.1 Å². The lowest BCUT2D eigenvalue weighted by Crippen LogP contribution is -2.54. The maximum absolute atomic E-state index is 14.5. The predicted molar refractivity (Wildman–Crippen MR) is 150 cm³/mol. The number of carbonyl (C=O) groups is 2. The second kappa shape index (κ2) is 8.24. The largest absolute Gasteiger partial charge is 0.274 e. The zero-order chi connectivity index (χ0) is 26.2. The van der Waals surface area contributed by atoms with Crippen molar-refractivity contribution < 1.29 is 9.59 Å². The lowest BCUT2D eigenvalue weighted by atomic mass is 9.47. The second-order valence-electron chi connectivity index (χ2n) is 10.6. The third kappa shape index (κ3) is 3.01. The molecule has 2 atom stereocenters. The Morgan fingerprint density at radius 1 is 0.816 bits per heavy atom. The SMILES string of the molecule is Cc1ccc(N2C(=O)[C@@H]3C4c5ccccc5C(C=Nc5ccc(Cl)cc5)(c5ccccc54)[C@@H]3C2=O)c(C)c1. The molecule has 1 saturated heterocycles. The fourth-order valence-corrected chi connectivity index (χ4v) is 7.17. The number of amides is 2. The number of imide groups is 1. The van der Waals surface area contributed by atoms with Crippen LogP contribution < -0.4 is 4.90 Å². The number of halogens is 1. The molecule has 4 aliphatic rings. The molecule has 0 radical (unpaired) electrons. The quantitative estimate of drug-likeness (QED) is 0.219. The van der Waals surface area contributed by atoms with Gasteiger partial charge in [0, 0.05) is 17.2 Å². The molecule has 4 aromatic rings. The molecule has 0 spiro atoms. The summed E-state index contributed by atoms with van der Waals surface area (Å²) in [7, 11) is 0. The van der Waals surface area contributed by atoms with Crippen LogP contribution in [0, 0.1) is 25.7 Å². The van der Waals surface area contributed by atoms with Gasteiger partial charge >= 0.3 is 0 Å². The second-order valence-corrected chi connectivity index (χ2v) is 11.0. The van der Waals surface area contributed by atoms with E-state index in [4.69, 9.17) is 16.6 Å². The molecule has 2 amide bonds. The van der Waals surface area contributed by atoms with Crippen LogP contribution >= 0.6 is 11.6 Å². The molecular formula is C33H25ClN2O2. The van der Waals surface area contributed by atoms with Gasteiger partial charge in [-0.05, 0) is 72.0 Å². The highest BCUT2D eigenvalue weighted by Crippen LogP contribution is 2.63. The van der Waals surface area contributed by atoms with Crippen LogP contribution in [0.4, 0.5) is 11.4 Å². The monoisotopic (exact) mass is 516 g/mol. The smallest absolute Gasteiger partial charge is 0.239 e. The average Bonchev–Trinajstić information content (AvgIpc) is 3.19. The summed E-state index contributed by atoms with van der Waals surface area (Å²) in [5, 5.41) is 0.636. The molecule has 1 fully saturated rings. The van der Waals surface area contributed by atoms with E-state index in [-0.39, 0.29) is 17.7 Å². The molecular weight excluding hydrogens is 492 g/mol. The first-order valence-electron chi connectivity index (χ1n) is 12.9. The van der Waals surface area contributed by atoms with Crippen molar-refractivity contribution in [3.8, 4) is 0 Å². The van der Waals surface area contributed by atoms with E-state index in [1.165, 1.54) is 4.90 Å². The van der Waals surface area contributed by atoms with E-state index in [1.807, 2.05) is 74.7 Å². The average molecular weight is 517 g/mol. The van der Waals surface area contributed by atoms with Gasteiger partial charge in [-0.3, -0.25) is 14.6 Å². The van der Waals surface area contributed by atoms with E-state index in [0.717, 1.165) is 39.1 Å². The summed E-state index contributed by atoms with van der Waals surface area (Å²) in [4.78, 5) is 35.1. The molecule has 1 heterocycles. The first-order chi connectivity index (χ1) is 18.4. The van der Waals surface area contributed by atoms with Crippen molar-refractivity contribution in [2.45, 2.75) is 25.2 Å². The Kier molecular flexibility index (Phi) is 5.01. The number of hydrogen-bond donors (Lipinski definition) is 0. The van der Waals surface area contributed by atoms with Crippen LogP contribution in [0.25, 0.3) is 0 Å². The van der Waals surface area contributed by atoms with Crippen molar-refractivity contribution >= 4 is 41.0 Å². The van der Waals surface area contributed by atoms with Gasteiger partial charge < -0.3 is 0 Å². The third-order valence-electron chi connectivity index (χ3n) is 8.52. The highest BCUT2D eigenvalue weighted by molar-refractivity contribution is 6.30. The van der Waals surface area contributed by atoms with Crippen molar-refractivity contribution in [3.63, 3.8) is 0 Å². The van der Waals surface area contributed by atoms with Gasteiger partial charge in [-0.1, -0.05) is 77.8 Å². The van der Waals surface area contributed by atoms with Crippen LogP contribution in [0.5, 0.6) is 0 Å². The minimum atomic E-state index is -0.883. The summed E-state index contributed by atoms with van der Waals surface area (Å²) in [5.74, 6) is -1.59. The van der Waals surface area contributed by atoms with Crippen LogP contribution in [-0.2, 0) is 15.0 Å². The molecule has 8 rings (SSSR count). The zero-order valence-electron chi connectivity index (χ0n) is 21.1. The molecule has 0 aromatic heterocycles. The minimum Gasteiger partial charge on any atom is -0.274 e. The van der Waals surface area contributed by atoms with E-state index < -0.39 is 17.3 Å². The van der Waals surface area contributed by atoms with Gasteiger partial charge in [0.25, 0.3) is 0 Å². The highest BCUT2D eigenvalue weighted by atomic mass is 35.5. The molecule has 3 aliphatic carbocycles. The first-order valence-corrected chi connectivity index (χ1v) is 13.2. The van der Waals surface area contributed by atoms with E-state index in [0.29, 0.717) is 10.7 Å². The summed E-state index contributed by atoms with van der Waals surface area (Å²) in [5.41, 5.74) is 6.82. The van der Waals surface area contributed by atoms with Gasteiger partial charge in [-0.15, -0.1) is 0 Å². The molecule has 0 N–H and O–H groups in total. The summed E-state index contributed by atoms with van der Waals surface area (Å²) < 4.78 is 0. The van der Waals surface area contributed by atoms with E-state index >= 15 is 0 Å². The molecule has 2 bridgehead atoms. The minimum absolute atomic E-state index is 0.134.